The highest BCUT2D eigenvalue weighted by Gasteiger charge is 2.77. The summed E-state index contributed by atoms with van der Waals surface area (Å²) >= 11 is 0. The van der Waals surface area contributed by atoms with E-state index in [0.717, 1.165) is 11.1 Å². The summed E-state index contributed by atoms with van der Waals surface area (Å²) in [6.07, 6.45) is 1.32. The Morgan fingerprint density at radius 2 is 1.33 bits per heavy atom. The van der Waals surface area contributed by atoms with Crippen molar-refractivity contribution in [3.63, 3.8) is 0 Å². The first kappa shape index (κ1) is 50.0. The zero-order valence-electron chi connectivity index (χ0n) is 40.3. The van der Waals surface area contributed by atoms with Crippen LogP contribution in [-0.2, 0) is 57.0 Å². The Kier molecular flexibility index (Phi) is 15.1. The highest BCUT2D eigenvalue weighted by molar-refractivity contribution is 5.83. The van der Waals surface area contributed by atoms with Crippen LogP contribution < -0.4 is 0 Å². The molecular formula is C49H78O15. The molecule has 0 spiro atoms. The average Bonchev–Trinajstić information content (AvgIpc) is 3.54. The third-order valence-electron chi connectivity index (χ3n) is 17.2. The van der Waals surface area contributed by atoms with Crippen molar-refractivity contribution >= 4 is 11.8 Å². The highest BCUT2D eigenvalue weighted by atomic mass is 16.7. The second-order valence-electron chi connectivity index (χ2n) is 20.9. The Bertz CT molecular complexity index is 1740. The van der Waals surface area contributed by atoms with Crippen molar-refractivity contribution < 1.29 is 72.3 Å². The minimum Gasteiger partial charge on any atom is -0.458 e. The molecule has 3 N–H and O–H groups in total. The molecule has 20 atom stereocenters. The number of aliphatic hydroxyl groups is 3. The van der Waals surface area contributed by atoms with Gasteiger partial charge >= 0.3 is 5.97 Å². The van der Waals surface area contributed by atoms with Gasteiger partial charge in [-0.2, -0.15) is 0 Å². The average molecular weight is 907 g/mol. The molecule has 364 valence electrons. The second-order valence-corrected chi connectivity index (χ2v) is 20.9. The molecule has 64 heavy (non-hydrogen) atoms. The van der Waals surface area contributed by atoms with Crippen molar-refractivity contribution in [1.29, 1.82) is 0 Å². The summed E-state index contributed by atoms with van der Waals surface area (Å²) in [5, 5.41) is 36.2. The predicted molar refractivity (Wildman–Crippen MR) is 233 cm³/mol. The van der Waals surface area contributed by atoms with Crippen LogP contribution in [0, 0.1) is 28.6 Å². The molecule has 3 aliphatic heterocycles. The first-order chi connectivity index (χ1) is 30.1. The normalized spacial score (nSPS) is 48.5. The van der Waals surface area contributed by atoms with E-state index < -0.39 is 108 Å². The zero-order valence-corrected chi connectivity index (χ0v) is 40.3. The number of ketones is 1. The van der Waals surface area contributed by atoms with Crippen LogP contribution in [0.5, 0.6) is 0 Å². The zero-order chi connectivity index (χ0) is 46.7. The smallest absolute Gasteiger partial charge is 0.330 e. The lowest BCUT2D eigenvalue weighted by molar-refractivity contribution is -0.338. The molecule has 0 amide bonds. The van der Waals surface area contributed by atoms with Crippen molar-refractivity contribution in [1.82, 2.24) is 0 Å². The molecule has 4 aliphatic carbocycles. The number of hydrogen-bond acceptors (Lipinski definition) is 15. The number of aliphatic hydroxyl groups excluding tert-OH is 1. The third kappa shape index (κ3) is 8.85. The lowest BCUT2D eigenvalue weighted by Crippen LogP contribution is -2.75. The minimum absolute atomic E-state index is 0.0697. The van der Waals surface area contributed by atoms with Crippen LogP contribution in [0.2, 0.25) is 0 Å². The van der Waals surface area contributed by atoms with Crippen LogP contribution in [0.25, 0.3) is 0 Å². The first-order valence-electron chi connectivity index (χ1n) is 23.9. The van der Waals surface area contributed by atoms with Crippen molar-refractivity contribution in [3.05, 3.63) is 23.3 Å². The number of methoxy groups -OCH3 is 3. The maximum atomic E-state index is 13.5. The Morgan fingerprint density at radius 3 is 1.88 bits per heavy atom. The van der Waals surface area contributed by atoms with Gasteiger partial charge in [0.15, 0.2) is 18.9 Å². The molecule has 3 heterocycles. The fourth-order valence-electron chi connectivity index (χ4n) is 13.0. The molecule has 0 unspecified atom stereocenters. The van der Waals surface area contributed by atoms with Gasteiger partial charge in [-0.1, -0.05) is 44.9 Å². The molecule has 7 rings (SSSR count). The molecule has 15 heteroatoms. The molecule has 0 aromatic heterocycles. The molecule has 0 aromatic rings. The maximum Gasteiger partial charge on any atom is 0.330 e. The van der Waals surface area contributed by atoms with E-state index in [1.165, 1.54) is 13.0 Å². The van der Waals surface area contributed by atoms with Gasteiger partial charge in [-0.25, -0.2) is 4.79 Å². The minimum atomic E-state index is -1.65. The fourth-order valence-corrected chi connectivity index (χ4v) is 13.0. The summed E-state index contributed by atoms with van der Waals surface area (Å²) in [6, 6.07) is 0. The maximum absolute atomic E-state index is 13.5. The van der Waals surface area contributed by atoms with Gasteiger partial charge < -0.3 is 62.7 Å². The SMILES string of the molecule is CO[C@H]1C[C@H](O[C@H]2[C@@H](OC)C[C@H](O[C@H]3[C@@H](OC)C[C@H](O[C@H]4CC[C@@]5(C)C(=CC[C@]6(O)[C@@H]5C[C@@H](OC(=O)/C=C(\C)C(C)C)[C@]5(C)[C@H](C(C)=O)CC[C@@]56O)C4)O[C@@H]3C)O[C@@H]2C)O[C@H](C)[C@H]1O. The Hall–Kier alpha value is -1.86. The van der Waals surface area contributed by atoms with Gasteiger partial charge in [0.05, 0.1) is 42.7 Å². The van der Waals surface area contributed by atoms with E-state index in [2.05, 4.69) is 13.0 Å². The Morgan fingerprint density at radius 1 is 0.781 bits per heavy atom. The van der Waals surface area contributed by atoms with E-state index in [1.54, 1.807) is 28.3 Å². The van der Waals surface area contributed by atoms with Gasteiger partial charge in [0.1, 0.15) is 41.4 Å². The van der Waals surface area contributed by atoms with Crippen LogP contribution in [0.15, 0.2) is 23.3 Å². The van der Waals surface area contributed by atoms with Crippen LogP contribution >= 0.6 is 0 Å². The molecular weight excluding hydrogens is 829 g/mol. The number of esters is 1. The van der Waals surface area contributed by atoms with Gasteiger partial charge in [-0.05, 0) is 90.9 Å². The van der Waals surface area contributed by atoms with E-state index in [9.17, 15) is 24.9 Å². The van der Waals surface area contributed by atoms with Crippen molar-refractivity contribution in [3.8, 4) is 0 Å². The summed E-state index contributed by atoms with van der Waals surface area (Å²) in [7, 11) is 4.87. The molecule has 3 saturated carbocycles. The van der Waals surface area contributed by atoms with Gasteiger partial charge in [-0.15, -0.1) is 0 Å². The number of Topliss-reactive ketones (excluding diaryl/α,β-unsaturated/α-hetero) is 1. The van der Waals surface area contributed by atoms with E-state index in [4.69, 9.17) is 47.4 Å². The monoisotopic (exact) mass is 907 g/mol. The highest BCUT2D eigenvalue weighted by Crippen LogP contribution is 2.70. The number of carbonyl (C=O) groups excluding carboxylic acids is 2. The van der Waals surface area contributed by atoms with E-state index >= 15 is 0 Å². The fraction of sp³-hybridized carbons (Fsp3) is 0.878. The quantitative estimate of drug-likeness (QED) is 0.120. The molecule has 0 aromatic carbocycles. The number of carbonyl (C=O) groups is 2. The van der Waals surface area contributed by atoms with E-state index in [-0.39, 0.29) is 42.9 Å². The molecule has 15 nitrogen and oxygen atoms in total. The largest absolute Gasteiger partial charge is 0.458 e. The van der Waals surface area contributed by atoms with Crippen LogP contribution in [0.1, 0.15) is 127 Å². The van der Waals surface area contributed by atoms with Crippen molar-refractivity contribution in [2.75, 3.05) is 21.3 Å². The van der Waals surface area contributed by atoms with Crippen LogP contribution in [-0.4, -0.2) is 146 Å². The van der Waals surface area contributed by atoms with Crippen molar-refractivity contribution in [2.45, 2.75) is 224 Å². The topological polar surface area (TPSA) is 187 Å². The lowest BCUT2D eigenvalue weighted by Gasteiger charge is -2.66. The summed E-state index contributed by atoms with van der Waals surface area (Å²) in [4.78, 5) is 26.7. The summed E-state index contributed by atoms with van der Waals surface area (Å²) in [5.74, 6) is -1.39. The summed E-state index contributed by atoms with van der Waals surface area (Å²) < 4.78 is 62.3. The van der Waals surface area contributed by atoms with Gasteiger partial charge in [-0.3, -0.25) is 4.79 Å². The second kappa shape index (κ2) is 19.3. The molecule has 7 aliphatic rings. The number of hydrogen-bond donors (Lipinski definition) is 3. The Labute approximate surface area is 380 Å². The standard InChI is InChI=1S/C49H78O15/c1-25(2)26(3)19-39(51)62-38-24-37-46(8)16-14-32(20-31(46)13-17-48(37,53)49(54)18-15-33(27(4)50)47(38,49)9)61-40-22-35(56-11)44(29(6)59-40)64-42-23-36(57-12)45(30(7)60-42)63-41-21-34(55-10)43(52)28(5)58-41/h13,19,25,28-30,32-38,40-45,52-54H,14-18,20-24H2,1-12H3/b26-19+/t28-,29-,30-,32+,33+,34+,35+,36+,37-,38-,40+,41+,42+,43-,44-,45-,46+,47+,48+,49-/m1/s1. The number of fused-ring (bicyclic) bond motifs is 5. The Balaban J connectivity index is 0.998. The van der Waals surface area contributed by atoms with Gasteiger partial charge in [0.2, 0.25) is 0 Å². The molecule has 0 bridgehead atoms. The number of ether oxygens (including phenoxy) is 10. The van der Waals surface area contributed by atoms with Crippen LogP contribution in [0.3, 0.4) is 0 Å². The molecule has 6 fully saturated rings. The molecule has 0 radical (unpaired) electrons. The van der Waals surface area contributed by atoms with Crippen molar-refractivity contribution in [2.24, 2.45) is 28.6 Å². The molecule has 3 saturated heterocycles. The summed E-state index contributed by atoms with van der Waals surface area (Å²) in [5.41, 5.74) is -2.81. The van der Waals surface area contributed by atoms with Gasteiger partial charge in [0.25, 0.3) is 0 Å². The predicted octanol–water partition coefficient (Wildman–Crippen LogP) is 5.47. The summed E-state index contributed by atoms with van der Waals surface area (Å²) in [6.45, 7) is 17.1. The van der Waals surface area contributed by atoms with E-state index in [0.29, 0.717) is 51.4 Å². The van der Waals surface area contributed by atoms with Crippen LogP contribution in [0.4, 0.5) is 0 Å². The number of allylic oxidation sites excluding steroid dienone is 1. The lowest BCUT2D eigenvalue weighted by atomic mass is 9.43. The third-order valence-corrected chi connectivity index (χ3v) is 17.2. The first-order valence-corrected chi connectivity index (χ1v) is 23.9. The van der Waals surface area contributed by atoms with Gasteiger partial charge in [0, 0.05) is 63.9 Å². The van der Waals surface area contributed by atoms with E-state index in [1.807, 2.05) is 41.5 Å². The number of rotatable bonds is 13.